The Morgan fingerprint density at radius 3 is 2.46 bits per heavy atom. The van der Waals surface area contributed by atoms with Crippen LogP contribution in [0.15, 0.2) is 42.0 Å². The third-order valence-electron chi connectivity index (χ3n) is 4.45. The van der Waals surface area contributed by atoms with Gasteiger partial charge in [0.1, 0.15) is 0 Å². The Morgan fingerprint density at radius 1 is 1.23 bits per heavy atom. The molecule has 0 saturated carbocycles. The summed E-state index contributed by atoms with van der Waals surface area (Å²) in [6.45, 7) is 8.59. The molecule has 1 unspecified atom stereocenters. The van der Waals surface area contributed by atoms with Crippen molar-refractivity contribution in [2.75, 3.05) is 18.9 Å². The van der Waals surface area contributed by atoms with Crippen LogP contribution in [0.25, 0.3) is 0 Å². The first-order chi connectivity index (χ1) is 12.1. The monoisotopic (exact) mass is 395 g/mol. The summed E-state index contributed by atoms with van der Waals surface area (Å²) in [5, 5.41) is 0. The number of benzene rings is 1. The van der Waals surface area contributed by atoms with E-state index in [0.29, 0.717) is 18.0 Å². The van der Waals surface area contributed by atoms with E-state index < -0.39 is 24.1 Å². The fourth-order valence-electron chi connectivity index (χ4n) is 2.91. The van der Waals surface area contributed by atoms with Crippen LogP contribution in [0.3, 0.4) is 0 Å². The highest BCUT2D eigenvalue weighted by molar-refractivity contribution is 7.89. The Kier molecular flexibility index (Phi) is 6.82. The van der Waals surface area contributed by atoms with Crippen molar-refractivity contribution in [3.63, 3.8) is 0 Å². The van der Waals surface area contributed by atoms with Gasteiger partial charge in [0.2, 0.25) is 10.0 Å². The maximum Gasteiger partial charge on any atom is 0.335 e. The van der Waals surface area contributed by atoms with Crippen LogP contribution in [-0.4, -0.2) is 45.7 Å². The lowest BCUT2D eigenvalue weighted by atomic mass is 9.98. The van der Waals surface area contributed by atoms with Crippen molar-refractivity contribution >= 4 is 24.1 Å². The van der Waals surface area contributed by atoms with Gasteiger partial charge in [-0.2, -0.15) is 4.31 Å². The van der Waals surface area contributed by atoms with Gasteiger partial charge in [-0.15, -0.1) is 0 Å². The summed E-state index contributed by atoms with van der Waals surface area (Å²) < 4.78 is 32.8. The van der Waals surface area contributed by atoms with Gasteiger partial charge in [-0.25, -0.2) is 13.2 Å². The second-order valence-corrected chi connectivity index (χ2v) is 15.4. The summed E-state index contributed by atoms with van der Waals surface area (Å²) in [4.78, 5) is 12.1. The topological polar surface area (TPSA) is 63.7 Å². The Bertz CT molecular complexity index is 753. The number of hydrogen-bond donors (Lipinski definition) is 0. The van der Waals surface area contributed by atoms with Gasteiger partial charge in [-0.1, -0.05) is 56.0 Å². The molecule has 5 nitrogen and oxygen atoms in total. The quantitative estimate of drug-likeness (QED) is 0.523. The summed E-state index contributed by atoms with van der Waals surface area (Å²) in [5.41, 5.74) is 1.37. The number of hydrogen-bond acceptors (Lipinski definition) is 4. The predicted octanol–water partition coefficient (Wildman–Crippen LogP) is 3.59. The number of carbonyl (C=O) groups excluding carboxylic acids is 1. The smallest absolute Gasteiger partial charge is 0.335 e. The first kappa shape index (κ1) is 20.9. The van der Waals surface area contributed by atoms with Crippen LogP contribution in [0, 0.1) is 0 Å². The molecule has 0 fully saturated rings. The molecule has 0 aromatic heterocycles. The third-order valence-corrected chi connectivity index (χ3v) is 8.38. The molecule has 26 heavy (non-hydrogen) atoms. The lowest BCUT2D eigenvalue weighted by Gasteiger charge is -2.35. The highest BCUT2D eigenvalue weighted by atomic mass is 32.2. The minimum Gasteiger partial charge on any atom is -0.463 e. The Hall–Kier alpha value is -1.44. The SMILES string of the molecule is CCOC(=O)C1=CCC(c2ccccc2)N(S(=O)(=O)CC[Si](C)(C)C)C1. The molecule has 0 aliphatic carbocycles. The fraction of sp³-hybridized carbons (Fsp3) is 0.526. The number of nitrogens with zero attached hydrogens (tertiary/aromatic N) is 1. The molecule has 1 atom stereocenters. The number of rotatable bonds is 7. The van der Waals surface area contributed by atoms with Crippen LogP contribution in [0.4, 0.5) is 0 Å². The Labute approximate surface area is 158 Å². The highest BCUT2D eigenvalue weighted by Crippen LogP contribution is 2.33. The second-order valence-electron chi connectivity index (χ2n) is 7.78. The average molecular weight is 396 g/mol. The number of ether oxygens (including phenoxy) is 1. The molecule has 0 spiro atoms. The van der Waals surface area contributed by atoms with Crippen molar-refractivity contribution in [2.45, 2.75) is 45.1 Å². The van der Waals surface area contributed by atoms with Gasteiger partial charge in [-0.05, 0) is 25.0 Å². The number of esters is 1. The Balaban J connectivity index is 2.32. The van der Waals surface area contributed by atoms with E-state index in [1.54, 1.807) is 6.92 Å². The zero-order valence-corrected chi connectivity index (χ0v) is 17.9. The lowest BCUT2D eigenvalue weighted by molar-refractivity contribution is -0.138. The van der Waals surface area contributed by atoms with E-state index in [-0.39, 0.29) is 24.9 Å². The van der Waals surface area contributed by atoms with E-state index >= 15 is 0 Å². The molecule has 1 aliphatic rings. The van der Waals surface area contributed by atoms with Gasteiger partial charge in [0, 0.05) is 20.2 Å². The minimum atomic E-state index is -3.48. The molecule has 0 saturated heterocycles. The molecular weight excluding hydrogens is 366 g/mol. The summed E-state index contributed by atoms with van der Waals surface area (Å²) in [6, 6.07) is 10.0. The van der Waals surface area contributed by atoms with E-state index in [0.717, 1.165) is 5.56 Å². The van der Waals surface area contributed by atoms with E-state index in [9.17, 15) is 13.2 Å². The van der Waals surface area contributed by atoms with Crippen LogP contribution < -0.4 is 0 Å². The van der Waals surface area contributed by atoms with Gasteiger partial charge in [0.05, 0.1) is 18.4 Å². The highest BCUT2D eigenvalue weighted by Gasteiger charge is 2.36. The van der Waals surface area contributed by atoms with Crippen LogP contribution in [0.5, 0.6) is 0 Å². The van der Waals surface area contributed by atoms with E-state index in [1.165, 1.54) is 4.31 Å². The summed E-state index contributed by atoms with van der Waals surface area (Å²) >= 11 is 0. The van der Waals surface area contributed by atoms with Crippen molar-refractivity contribution in [3.05, 3.63) is 47.5 Å². The van der Waals surface area contributed by atoms with Crippen molar-refractivity contribution in [3.8, 4) is 0 Å². The van der Waals surface area contributed by atoms with Crippen molar-refractivity contribution in [1.29, 1.82) is 0 Å². The molecule has 144 valence electrons. The Morgan fingerprint density at radius 2 is 1.88 bits per heavy atom. The van der Waals surface area contributed by atoms with Crippen LogP contribution >= 0.6 is 0 Å². The van der Waals surface area contributed by atoms with Gasteiger partial charge >= 0.3 is 5.97 Å². The number of carbonyl (C=O) groups is 1. The van der Waals surface area contributed by atoms with Gasteiger partial charge < -0.3 is 4.74 Å². The molecule has 1 aliphatic heterocycles. The van der Waals surface area contributed by atoms with Crippen LogP contribution in [0.2, 0.25) is 25.7 Å². The van der Waals surface area contributed by atoms with Gasteiger partial charge in [-0.3, -0.25) is 0 Å². The van der Waals surface area contributed by atoms with Gasteiger partial charge in [0.15, 0.2) is 0 Å². The normalized spacial score (nSPS) is 19.1. The zero-order chi connectivity index (χ0) is 19.4. The van der Waals surface area contributed by atoms with E-state index in [2.05, 4.69) is 19.6 Å². The van der Waals surface area contributed by atoms with Crippen molar-refractivity contribution in [2.24, 2.45) is 0 Å². The molecule has 0 amide bonds. The molecule has 1 aromatic carbocycles. The summed E-state index contributed by atoms with van der Waals surface area (Å²) in [7, 11) is -4.97. The first-order valence-electron chi connectivity index (χ1n) is 9.04. The molecule has 2 rings (SSSR count). The fourth-order valence-corrected chi connectivity index (χ4v) is 7.56. The van der Waals surface area contributed by atoms with Crippen molar-refractivity contribution < 1.29 is 17.9 Å². The van der Waals surface area contributed by atoms with Crippen molar-refractivity contribution in [1.82, 2.24) is 4.31 Å². The zero-order valence-electron chi connectivity index (χ0n) is 16.1. The number of sulfonamides is 1. The van der Waals surface area contributed by atoms with Gasteiger partial charge in [0.25, 0.3) is 0 Å². The second kappa shape index (κ2) is 8.50. The molecule has 7 heteroatoms. The maximum atomic E-state index is 13.1. The van der Waals surface area contributed by atoms with E-state index in [4.69, 9.17) is 4.74 Å². The lowest BCUT2D eigenvalue weighted by Crippen LogP contribution is -2.42. The predicted molar refractivity (Wildman–Crippen MR) is 107 cm³/mol. The third kappa shape index (κ3) is 5.53. The summed E-state index contributed by atoms with van der Waals surface area (Å²) in [6.07, 6.45) is 2.30. The largest absolute Gasteiger partial charge is 0.463 e. The standard InChI is InChI=1S/C19H29NO4SSi/c1-5-24-19(21)17-11-12-18(16-9-7-6-8-10-16)20(15-17)25(22,23)13-14-26(2,3)4/h6-11,18H,5,12-15H2,1-4H3. The molecule has 0 N–H and O–H groups in total. The van der Waals surface area contributed by atoms with Crippen LogP contribution in [0.1, 0.15) is 24.9 Å². The minimum absolute atomic E-state index is 0.0758. The molecule has 1 heterocycles. The molecule has 0 radical (unpaired) electrons. The average Bonchev–Trinajstić information content (AvgIpc) is 2.60. The van der Waals surface area contributed by atoms with Crippen LogP contribution in [-0.2, 0) is 19.6 Å². The van der Waals surface area contributed by atoms with E-state index in [1.807, 2.05) is 36.4 Å². The molecule has 0 bridgehead atoms. The molecular formula is C19H29NO4SSi. The molecule has 1 aromatic rings. The maximum absolute atomic E-state index is 13.1. The first-order valence-corrected chi connectivity index (χ1v) is 14.4. The summed E-state index contributed by atoms with van der Waals surface area (Å²) in [5.74, 6) is -0.299.